The number of aromatic nitrogens is 1. The minimum Gasteiger partial charge on any atom is -0.468 e. The molecule has 1 unspecified atom stereocenters. The Morgan fingerprint density at radius 3 is 2.65 bits per heavy atom. The van der Waals surface area contributed by atoms with E-state index in [9.17, 15) is 4.39 Å². The van der Waals surface area contributed by atoms with Crippen LogP contribution in [-0.2, 0) is 0 Å². The van der Waals surface area contributed by atoms with E-state index in [1.807, 2.05) is 37.3 Å². The molecule has 17 heavy (non-hydrogen) atoms. The lowest BCUT2D eigenvalue weighted by Gasteiger charge is -2.14. The second-order valence-electron chi connectivity index (χ2n) is 3.61. The fourth-order valence-corrected chi connectivity index (χ4v) is 1.59. The van der Waals surface area contributed by atoms with Gasteiger partial charge in [-0.2, -0.15) is 0 Å². The van der Waals surface area contributed by atoms with E-state index >= 15 is 0 Å². The summed E-state index contributed by atoms with van der Waals surface area (Å²) in [5.41, 5.74) is 0.962. The third-order valence-corrected chi connectivity index (χ3v) is 2.54. The van der Waals surface area contributed by atoms with Gasteiger partial charge >= 0.3 is 0 Å². The fourth-order valence-electron chi connectivity index (χ4n) is 1.45. The first-order chi connectivity index (χ1) is 8.16. The normalized spacial score (nSPS) is 12.2. The highest BCUT2D eigenvalue weighted by atomic mass is 35.5. The Labute approximate surface area is 104 Å². The van der Waals surface area contributed by atoms with E-state index < -0.39 is 5.82 Å². The first-order valence-corrected chi connectivity index (χ1v) is 5.57. The number of hydrogen-bond acceptors (Lipinski definition) is 2. The second-order valence-corrected chi connectivity index (χ2v) is 4.05. The van der Waals surface area contributed by atoms with Gasteiger partial charge in [0.05, 0.1) is 5.02 Å². The zero-order chi connectivity index (χ0) is 12.3. The Kier molecular flexibility index (Phi) is 3.59. The number of rotatable bonds is 3. The molecule has 2 nitrogen and oxygen atoms in total. The van der Waals surface area contributed by atoms with Crippen molar-refractivity contribution >= 4 is 11.6 Å². The maximum atomic E-state index is 13.5. The molecule has 0 saturated carbocycles. The topological polar surface area (TPSA) is 22.1 Å². The fraction of sp³-hybridized carbons (Fsp3) is 0.154. The van der Waals surface area contributed by atoms with Crippen LogP contribution in [0.1, 0.15) is 18.6 Å². The lowest BCUT2D eigenvalue weighted by atomic mass is 10.1. The van der Waals surface area contributed by atoms with Gasteiger partial charge in [0.15, 0.2) is 5.82 Å². The summed E-state index contributed by atoms with van der Waals surface area (Å²) >= 11 is 5.61. The molecule has 2 aromatic rings. The Morgan fingerprint density at radius 1 is 1.29 bits per heavy atom. The third-order valence-electron chi connectivity index (χ3n) is 2.33. The van der Waals surface area contributed by atoms with Crippen LogP contribution in [0.2, 0.25) is 5.02 Å². The minimum atomic E-state index is -0.555. The number of hydrogen-bond donors (Lipinski definition) is 0. The highest BCUT2D eigenvalue weighted by Crippen LogP contribution is 2.23. The van der Waals surface area contributed by atoms with Crippen molar-refractivity contribution in [2.45, 2.75) is 13.0 Å². The van der Waals surface area contributed by atoms with Crippen molar-refractivity contribution < 1.29 is 9.13 Å². The molecule has 1 aromatic heterocycles. The van der Waals surface area contributed by atoms with Crippen LogP contribution in [0.25, 0.3) is 0 Å². The maximum Gasteiger partial charge on any atom is 0.251 e. The molecule has 2 rings (SSSR count). The summed E-state index contributed by atoms with van der Waals surface area (Å²) in [7, 11) is 0. The van der Waals surface area contributed by atoms with Crippen molar-refractivity contribution in [3.8, 4) is 5.88 Å². The van der Waals surface area contributed by atoms with Gasteiger partial charge in [0.1, 0.15) is 6.10 Å². The molecule has 0 saturated heterocycles. The van der Waals surface area contributed by atoms with E-state index in [-0.39, 0.29) is 17.0 Å². The molecule has 1 aromatic carbocycles. The second kappa shape index (κ2) is 5.15. The Morgan fingerprint density at radius 2 is 2.00 bits per heavy atom. The average Bonchev–Trinajstić information content (AvgIpc) is 2.34. The van der Waals surface area contributed by atoms with Crippen LogP contribution in [0.3, 0.4) is 0 Å². The summed E-state index contributed by atoms with van der Waals surface area (Å²) in [6.07, 6.45) is 1.09. The molecule has 0 bridgehead atoms. The molecule has 0 fully saturated rings. The molecule has 1 atom stereocenters. The van der Waals surface area contributed by atoms with Crippen molar-refractivity contribution in [3.05, 3.63) is 59.0 Å². The molecule has 0 radical (unpaired) electrons. The van der Waals surface area contributed by atoms with Gasteiger partial charge in [0.25, 0.3) is 5.88 Å². The summed E-state index contributed by atoms with van der Waals surface area (Å²) in [4.78, 5) is 3.81. The molecule has 0 amide bonds. The molecule has 4 heteroatoms. The van der Waals surface area contributed by atoms with Crippen molar-refractivity contribution in [1.29, 1.82) is 0 Å². The van der Waals surface area contributed by atoms with Crippen LogP contribution < -0.4 is 4.74 Å². The van der Waals surface area contributed by atoms with E-state index in [2.05, 4.69) is 4.98 Å². The van der Waals surface area contributed by atoms with Crippen molar-refractivity contribution in [2.75, 3.05) is 0 Å². The lowest BCUT2D eigenvalue weighted by molar-refractivity contribution is 0.206. The molecule has 1 heterocycles. The smallest absolute Gasteiger partial charge is 0.251 e. The first kappa shape index (κ1) is 11.9. The molecule has 0 aliphatic carbocycles. The van der Waals surface area contributed by atoms with Crippen LogP contribution >= 0.6 is 11.6 Å². The molecule has 0 aliphatic rings. The van der Waals surface area contributed by atoms with Gasteiger partial charge in [0, 0.05) is 6.20 Å². The molecular formula is C13H11ClFNO. The number of pyridine rings is 1. The van der Waals surface area contributed by atoms with Gasteiger partial charge in [-0.05, 0) is 18.6 Å². The van der Waals surface area contributed by atoms with E-state index in [1.54, 1.807) is 0 Å². The van der Waals surface area contributed by atoms with Gasteiger partial charge in [0.2, 0.25) is 0 Å². The van der Waals surface area contributed by atoms with E-state index in [4.69, 9.17) is 16.3 Å². The van der Waals surface area contributed by atoms with E-state index in [1.165, 1.54) is 12.3 Å². The quantitative estimate of drug-likeness (QED) is 0.822. The number of benzene rings is 1. The summed E-state index contributed by atoms with van der Waals surface area (Å²) in [6, 6.07) is 10.7. The maximum absolute atomic E-state index is 13.5. The average molecular weight is 252 g/mol. The first-order valence-electron chi connectivity index (χ1n) is 5.19. The Bertz CT molecular complexity index is 504. The summed E-state index contributed by atoms with van der Waals surface area (Å²) in [6.45, 7) is 1.84. The predicted molar refractivity (Wildman–Crippen MR) is 64.7 cm³/mol. The van der Waals surface area contributed by atoms with Crippen molar-refractivity contribution in [2.24, 2.45) is 0 Å². The van der Waals surface area contributed by atoms with Crippen molar-refractivity contribution in [3.63, 3.8) is 0 Å². The molecular weight excluding hydrogens is 241 g/mol. The molecule has 0 N–H and O–H groups in total. The predicted octanol–water partition coefficient (Wildman–Crippen LogP) is 4.01. The standard InChI is InChI=1S/C13H11ClFNO/c1-9(10-5-3-2-4-6-10)17-13-12(15)7-11(14)8-16-13/h2-9H,1H3. The van der Waals surface area contributed by atoms with Crippen LogP contribution in [0.4, 0.5) is 4.39 Å². The molecule has 0 aliphatic heterocycles. The third kappa shape index (κ3) is 2.94. The highest BCUT2D eigenvalue weighted by molar-refractivity contribution is 6.30. The van der Waals surface area contributed by atoms with Crippen LogP contribution in [0.15, 0.2) is 42.6 Å². The highest BCUT2D eigenvalue weighted by Gasteiger charge is 2.11. The van der Waals surface area contributed by atoms with Gasteiger partial charge in [-0.25, -0.2) is 9.37 Å². The number of nitrogens with zero attached hydrogens (tertiary/aromatic N) is 1. The number of halogens is 2. The number of ether oxygens (including phenoxy) is 1. The largest absolute Gasteiger partial charge is 0.468 e. The SMILES string of the molecule is CC(Oc1ncc(Cl)cc1F)c1ccccc1. The van der Waals surface area contributed by atoms with Gasteiger partial charge in [-0.1, -0.05) is 41.9 Å². The molecule has 0 spiro atoms. The van der Waals surface area contributed by atoms with Crippen LogP contribution in [0.5, 0.6) is 5.88 Å². The summed E-state index contributed by atoms with van der Waals surface area (Å²) in [5, 5.41) is 0.252. The summed E-state index contributed by atoms with van der Waals surface area (Å²) < 4.78 is 18.9. The Hall–Kier alpha value is -1.61. The monoisotopic (exact) mass is 251 g/mol. The van der Waals surface area contributed by atoms with Gasteiger partial charge in [-0.15, -0.1) is 0 Å². The lowest BCUT2D eigenvalue weighted by Crippen LogP contribution is -2.05. The van der Waals surface area contributed by atoms with Crippen LogP contribution in [0, 0.1) is 5.82 Å². The van der Waals surface area contributed by atoms with Crippen LogP contribution in [-0.4, -0.2) is 4.98 Å². The Balaban J connectivity index is 2.16. The zero-order valence-electron chi connectivity index (χ0n) is 9.23. The van der Waals surface area contributed by atoms with Gasteiger partial charge in [-0.3, -0.25) is 0 Å². The zero-order valence-corrected chi connectivity index (χ0v) is 9.99. The van der Waals surface area contributed by atoms with E-state index in [0.717, 1.165) is 5.56 Å². The van der Waals surface area contributed by atoms with Gasteiger partial charge < -0.3 is 4.74 Å². The van der Waals surface area contributed by atoms with Crippen molar-refractivity contribution in [1.82, 2.24) is 4.98 Å². The van der Waals surface area contributed by atoms with E-state index in [0.29, 0.717) is 0 Å². The summed E-state index contributed by atoms with van der Waals surface area (Å²) in [5.74, 6) is -0.592. The molecule has 88 valence electrons. The minimum absolute atomic E-state index is 0.0363.